The second kappa shape index (κ2) is 7.38. The first-order chi connectivity index (χ1) is 11.7. The van der Waals surface area contributed by atoms with Crippen molar-refractivity contribution in [1.82, 2.24) is 25.1 Å². The molecule has 1 atom stereocenters. The minimum atomic E-state index is -0.00703. The van der Waals surface area contributed by atoms with Crippen molar-refractivity contribution in [3.05, 3.63) is 41.7 Å². The van der Waals surface area contributed by atoms with Gasteiger partial charge in [0.15, 0.2) is 5.82 Å². The number of hydrogen-bond donors (Lipinski definition) is 0. The van der Waals surface area contributed by atoms with Crippen LogP contribution in [0.2, 0.25) is 0 Å². The summed E-state index contributed by atoms with van der Waals surface area (Å²) in [5.74, 6) is 1.18. The van der Waals surface area contributed by atoms with E-state index in [2.05, 4.69) is 22.4 Å². The fraction of sp³-hybridized carbons (Fsp3) is 0.444. The second-order valence-corrected chi connectivity index (χ2v) is 6.25. The van der Waals surface area contributed by atoms with Gasteiger partial charge in [-0.3, -0.25) is 4.79 Å². The molecule has 2 heterocycles. The summed E-state index contributed by atoms with van der Waals surface area (Å²) in [6.07, 6.45) is 5.21. The van der Waals surface area contributed by atoms with Crippen LogP contribution in [0.3, 0.4) is 0 Å². The number of rotatable bonds is 4. The van der Waals surface area contributed by atoms with Gasteiger partial charge >= 0.3 is 0 Å². The van der Waals surface area contributed by atoms with Gasteiger partial charge in [-0.25, -0.2) is 0 Å². The van der Waals surface area contributed by atoms with Crippen molar-refractivity contribution in [3.63, 3.8) is 0 Å². The number of nitrogens with zero attached hydrogens (tertiary/aromatic N) is 5. The molecule has 1 fully saturated rings. The van der Waals surface area contributed by atoms with Crippen molar-refractivity contribution in [2.24, 2.45) is 5.92 Å². The molecular formula is C18H23N5O. The van der Waals surface area contributed by atoms with E-state index < -0.39 is 0 Å². The molecule has 1 aromatic carbocycles. The second-order valence-electron chi connectivity index (χ2n) is 6.25. The largest absolute Gasteiger partial charge is 0.337 e. The Bertz CT molecular complexity index is 722. The molecule has 0 aliphatic carbocycles. The van der Waals surface area contributed by atoms with Crippen LogP contribution in [-0.2, 0) is 4.79 Å². The molecule has 0 N–H and O–H groups in total. The number of hydrogen-bond acceptors (Lipinski definition) is 4. The maximum absolute atomic E-state index is 13.2. The summed E-state index contributed by atoms with van der Waals surface area (Å²) < 4.78 is 1.53. The maximum atomic E-state index is 13.2. The van der Waals surface area contributed by atoms with Crippen molar-refractivity contribution in [2.45, 2.75) is 33.1 Å². The number of carbonyl (C=O) groups excluding carboxylic acids is 1. The molecule has 3 rings (SSSR count). The molecule has 126 valence electrons. The lowest BCUT2D eigenvalue weighted by Crippen LogP contribution is -2.41. The number of tetrazole rings is 1. The molecule has 1 aliphatic rings. The Morgan fingerprint density at radius 3 is 2.79 bits per heavy atom. The van der Waals surface area contributed by atoms with Gasteiger partial charge in [-0.15, -0.1) is 5.10 Å². The molecule has 0 radical (unpaired) electrons. The van der Waals surface area contributed by atoms with Gasteiger partial charge in [-0.1, -0.05) is 43.7 Å². The first-order valence-electron chi connectivity index (χ1n) is 8.50. The molecule has 1 saturated heterocycles. The van der Waals surface area contributed by atoms with Crippen LogP contribution in [0, 0.1) is 12.8 Å². The Morgan fingerprint density at radius 1 is 1.33 bits per heavy atom. The molecule has 0 bridgehead atoms. The zero-order valence-corrected chi connectivity index (χ0v) is 14.2. The van der Waals surface area contributed by atoms with E-state index in [0.717, 1.165) is 31.5 Å². The third kappa shape index (κ3) is 3.53. The smallest absolute Gasteiger partial charge is 0.272 e. The summed E-state index contributed by atoms with van der Waals surface area (Å²) in [5.41, 5.74) is 1.46. The lowest BCUT2D eigenvalue weighted by molar-refractivity contribution is -0.127. The van der Waals surface area contributed by atoms with Crippen LogP contribution in [0.1, 0.15) is 37.6 Å². The summed E-state index contributed by atoms with van der Waals surface area (Å²) in [5, 5.41) is 11.6. The van der Waals surface area contributed by atoms with Crippen LogP contribution in [0.15, 0.2) is 30.3 Å². The van der Waals surface area contributed by atoms with E-state index in [9.17, 15) is 4.79 Å². The average Bonchev–Trinajstić information content (AvgIpc) is 3.06. The molecule has 0 spiro atoms. The van der Waals surface area contributed by atoms with Crippen LogP contribution in [0.5, 0.6) is 0 Å². The lowest BCUT2D eigenvalue weighted by atomic mass is 9.95. The molecule has 0 saturated carbocycles. The SMILES string of the molecule is CCC1CCCN(C(=O)/C(=C\c2ccccc2)n2nnnc2C)C1. The average molecular weight is 325 g/mol. The molecular weight excluding hydrogens is 302 g/mol. The van der Waals surface area contributed by atoms with Crippen LogP contribution < -0.4 is 0 Å². The number of piperidine rings is 1. The predicted octanol–water partition coefficient (Wildman–Crippen LogP) is 2.63. The fourth-order valence-electron chi connectivity index (χ4n) is 3.12. The van der Waals surface area contributed by atoms with Crippen molar-refractivity contribution in [1.29, 1.82) is 0 Å². The Hall–Kier alpha value is -2.50. The highest BCUT2D eigenvalue weighted by Crippen LogP contribution is 2.23. The normalized spacial score (nSPS) is 18.7. The first-order valence-corrected chi connectivity index (χ1v) is 8.50. The molecule has 6 nitrogen and oxygen atoms in total. The molecule has 1 unspecified atom stereocenters. The topological polar surface area (TPSA) is 63.9 Å². The highest BCUT2D eigenvalue weighted by atomic mass is 16.2. The van der Waals surface area contributed by atoms with Gasteiger partial charge in [-0.2, -0.15) is 4.68 Å². The van der Waals surface area contributed by atoms with E-state index in [-0.39, 0.29) is 5.91 Å². The number of likely N-dealkylation sites (tertiary alicyclic amines) is 1. The van der Waals surface area contributed by atoms with Crippen molar-refractivity contribution in [3.8, 4) is 0 Å². The van der Waals surface area contributed by atoms with E-state index in [1.54, 1.807) is 6.92 Å². The van der Waals surface area contributed by atoms with Gasteiger partial charge in [0.1, 0.15) is 5.70 Å². The minimum Gasteiger partial charge on any atom is -0.337 e. The molecule has 2 aromatic rings. The van der Waals surface area contributed by atoms with Crippen molar-refractivity contribution >= 4 is 17.7 Å². The summed E-state index contributed by atoms with van der Waals surface area (Å²) >= 11 is 0. The predicted molar refractivity (Wildman–Crippen MR) is 92.8 cm³/mol. The van der Waals surface area contributed by atoms with E-state index in [1.807, 2.05) is 41.3 Å². The van der Waals surface area contributed by atoms with Crippen molar-refractivity contribution in [2.75, 3.05) is 13.1 Å². The quantitative estimate of drug-likeness (QED) is 0.811. The Balaban J connectivity index is 1.94. The van der Waals surface area contributed by atoms with E-state index in [4.69, 9.17) is 0 Å². The van der Waals surface area contributed by atoms with Gasteiger partial charge in [0, 0.05) is 13.1 Å². The van der Waals surface area contributed by atoms with E-state index in [1.165, 1.54) is 11.1 Å². The zero-order valence-electron chi connectivity index (χ0n) is 14.2. The summed E-state index contributed by atoms with van der Waals surface area (Å²) in [6, 6.07) is 9.80. The molecule has 24 heavy (non-hydrogen) atoms. The third-order valence-corrected chi connectivity index (χ3v) is 4.56. The number of carbonyl (C=O) groups is 1. The van der Waals surface area contributed by atoms with Gasteiger partial charge in [-0.05, 0) is 47.7 Å². The van der Waals surface area contributed by atoms with Crippen LogP contribution in [0.25, 0.3) is 11.8 Å². The zero-order chi connectivity index (χ0) is 16.9. The van der Waals surface area contributed by atoms with Gasteiger partial charge in [0.05, 0.1) is 0 Å². The molecule has 1 aromatic heterocycles. The van der Waals surface area contributed by atoms with E-state index in [0.29, 0.717) is 17.4 Å². The van der Waals surface area contributed by atoms with Crippen LogP contribution in [-0.4, -0.2) is 44.1 Å². The number of aromatic nitrogens is 4. The summed E-state index contributed by atoms with van der Waals surface area (Å²) in [6.45, 7) is 5.59. The molecule has 6 heteroatoms. The van der Waals surface area contributed by atoms with Crippen molar-refractivity contribution < 1.29 is 4.79 Å². The fourth-order valence-corrected chi connectivity index (χ4v) is 3.12. The monoisotopic (exact) mass is 325 g/mol. The third-order valence-electron chi connectivity index (χ3n) is 4.56. The molecule has 1 aliphatic heterocycles. The lowest BCUT2D eigenvalue weighted by Gasteiger charge is -2.32. The highest BCUT2D eigenvalue weighted by Gasteiger charge is 2.27. The maximum Gasteiger partial charge on any atom is 0.272 e. The Labute approximate surface area is 142 Å². The highest BCUT2D eigenvalue weighted by molar-refractivity contribution is 6.18. The van der Waals surface area contributed by atoms with Gasteiger partial charge in [0.2, 0.25) is 0 Å². The Morgan fingerprint density at radius 2 is 2.12 bits per heavy atom. The Kier molecular flexibility index (Phi) is 5.03. The van der Waals surface area contributed by atoms with Crippen LogP contribution >= 0.6 is 0 Å². The number of aryl methyl sites for hydroxylation is 1. The number of benzene rings is 1. The molecule has 1 amide bonds. The van der Waals surface area contributed by atoms with Crippen LogP contribution in [0.4, 0.5) is 0 Å². The first kappa shape index (κ1) is 16.4. The summed E-state index contributed by atoms with van der Waals surface area (Å²) in [4.78, 5) is 15.1. The van der Waals surface area contributed by atoms with E-state index >= 15 is 0 Å². The van der Waals surface area contributed by atoms with Gasteiger partial charge < -0.3 is 4.90 Å². The number of amides is 1. The summed E-state index contributed by atoms with van der Waals surface area (Å²) in [7, 11) is 0. The standard InChI is InChI=1S/C18H23N5O/c1-3-15-10-7-11-22(13-15)18(24)17(23-14(2)19-20-21-23)12-16-8-5-4-6-9-16/h4-6,8-9,12,15H,3,7,10-11,13H2,1-2H3/b17-12+. The minimum absolute atomic E-state index is 0.00703. The van der Waals surface area contributed by atoms with Gasteiger partial charge in [0.25, 0.3) is 5.91 Å².